The average molecular weight is 773 g/mol. The van der Waals surface area contributed by atoms with Crippen LogP contribution in [-0.2, 0) is 0 Å². The van der Waals surface area contributed by atoms with Crippen molar-refractivity contribution in [2.75, 3.05) is 0 Å². The molecule has 270 valence electrons. The predicted octanol–water partition coefficient (Wildman–Crippen LogP) is 16.0. The second-order valence-electron chi connectivity index (χ2n) is 15.2. The third kappa shape index (κ3) is 4.58. The second kappa shape index (κ2) is 12.3. The van der Waals surface area contributed by atoms with Crippen molar-refractivity contribution in [1.82, 2.24) is 9.13 Å². The van der Waals surface area contributed by atoms with Crippen LogP contribution in [0.15, 0.2) is 194 Å². The standard InChI is InChI=1S/C54H32N2S2/c1-3-12-36(13-4-1)55-45-19-9-7-16-39(45)42-30-33(22-26-46(42)55)34-24-29-50-44(31-34)52-38(18-11-21-51(52)57-50)35-23-27-47-43(32-35)53-48(56(47)37-14-5-2-6-15-37)28-25-41-40-17-8-10-20-49(40)58-54(41)53/h1-32H. The number of fused-ring (bicyclic) bond motifs is 13. The Kier molecular flexibility index (Phi) is 6.79. The predicted molar refractivity (Wildman–Crippen MR) is 252 cm³/mol. The van der Waals surface area contributed by atoms with Gasteiger partial charge in [-0.15, -0.1) is 22.7 Å². The van der Waals surface area contributed by atoms with Crippen LogP contribution in [0.4, 0.5) is 0 Å². The molecule has 2 nitrogen and oxygen atoms in total. The molecule has 0 aliphatic rings. The highest BCUT2D eigenvalue weighted by Gasteiger charge is 2.20. The summed E-state index contributed by atoms with van der Waals surface area (Å²) < 4.78 is 10.1. The highest BCUT2D eigenvalue weighted by atomic mass is 32.1. The van der Waals surface area contributed by atoms with Gasteiger partial charge in [-0.05, 0) is 107 Å². The van der Waals surface area contributed by atoms with Crippen molar-refractivity contribution in [2.24, 2.45) is 0 Å². The summed E-state index contributed by atoms with van der Waals surface area (Å²) in [4.78, 5) is 0. The Morgan fingerprint density at radius 1 is 0.293 bits per heavy atom. The molecule has 0 spiro atoms. The summed E-state index contributed by atoms with van der Waals surface area (Å²) in [6.45, 7) is 0. The molecule has 0 unspecified atom stereocenters. The van der Waals surface area contributed by atoms with Gasteiger partial charge < -0.3 is 9.13 Å². The first-order valence-electron chi connectivity index (χ1n) is 19.8. The summed E-state index contributed by atoms with van der Waals surface area (Å²) in [5.74, 6) is 0. The van der Waals surface area contributed by atoms with Gasteiger partial charge in [-0.25, -0.2) is 0 Å². The molecule has 0 aliphatic carbocycles. The van der Waals surface area contributed by atoms with Gasteiger partial charge >= 0.3 is 0 Å². The molecule has 0 bridgehead atoms. The van der Waals surface area contributed by atoms with Gasteiger partial charge in [0.25, 0.3) is 0 Å². The smallest absolute Gasteiger partial charge is 0.0555 e. The average Bonchev–Trinajstić information content (AvgIpc) is 4.04. The van der Waals surface area contributed by atoms with Crippen LogP contribution in [-0.4, -0.2) is 9.13 Å². The number of aromatic nitrogens is 2. The summed E-state index contributed by atoms with van der Waals surface area (Å²) >= 11 is 3.80. The van der Waals surface area contributed by atoms with E-state index < -0.39 is 0 Å². The lowest BCUT2D eigenvalue weighted by Crippen LogP contribution is -1.93. The van der Waals surface area contributed by atoms with Crippen LogP contribution < -0.4 is 0 Å². The monoisotopic (exact) mass is 772 g/mol. The SMILES string of the molecule is c1ccc(-n2c3ccccc3c3cc(-c4ccc5sc6cccc(-c7ccc8c(c7)c7c9sc%10ccccc%10c9ccc7n8-c7ccccc7)c6c5c4)ccc32)cc1. The van der Waals surface area contributed by atoms with Gasteiger partial charge in [0.15, 0.2) is 0 Å². The molecular formula is C54H32N2S2. The molecule has 0 amide bonds. The molecule has 13 rings (SSSR count). The minimum absolute atomic E-state index is 1.18. The van der Waals surface area contributed by atoms with E-state index in [4.69, 9.17) is 0 Å². The molecule has 4 heterocycles. The molecule has 0 atom stereocenters. The Balaban J connectivity index is 1.02. The highest BCUT2D eigenvalue weighted by Crippen LogP contribution is 2.46. The first kappa shape index (κ1) is 32.1. The molecule has 13 aromatic rings. The van der Waals surface area contributed by atoms with Crippen LogP contribution in [0.3, 0.4) is 0 Å². The molecule has 4 heteroatoms. The molecule has 4 aromatic heterocycles. The lowest BCUT2D eigenvalue weighted by molar-refractivity contribution is 1.18. The highest BCUT2D eigenvalue weighted by molar-refractivity contribution is 7.27. The fourth-order valence-electron chi connectivity index (χ4n) is 9.56. The number of hydrogen-bond acceptors (Lipinski definition) is 2. The molecule has 0 saturated heterocycles. The fourth-order valence-corrected chi connectivity index (χ4v) is 11.9. The van der Waals surface area contributed by atoms with E-state index in [1.165, 1.54) is 118 Å². The van der Waals surface area contributed by atoms with Crippen LogP contribution in [0.1, 0.15) is 0 Å². The van der Waals surface area contributed by atoms with Crippen LogP contribution in [0.25, 0.3) is 118 Å². The summed E-state index contributed by atoms with van der Waals surface area (Å²) in [5.41, 5.74) is 12.2. The molecule has 58 heavy (non-hydrogen) atoms. The largest absolute Gasteiger partial charge is 0.309 e. The van der Waals surface area contributed by atoms with Crippen molar-refractivity contribution >= 4 is 107 Å². The fraction of sp³-hybridized carbons (Fsp3) is 0. The molecule has 0 radical (unpaired) electrons. The van der Waals surface area contributed by atoms with Crippen molar-refractivity contribution < 1.29 is 0 Å². The molecule has 0 N–H and O–H groups in total. The first-order valence-corrected chi connectivity index (χ1v) is 21.4. The first-order chi connectivity index (χ1) is 28.8. The summed E-state index contributed by atoms with van der Waals surface area (Å²) in [7, 11) is 0. The Bertz CT molecular complexity index is 3790. The van der Waals surface area contributed by atoms with E-state index in [9.17, 15) is 0 Å². The zero-order chi connectivity index (χ0) is 37.9. The van der Waals surface area contributed by atoms with Crippen molar-refractivity contribution in [3.05, 3.63) is 194 Å². The van der Waals surface area contributed by atoms with Crippen molar-refractivity contribution in [3.8, 4) is 33.6 Å². The molecule has 0 saturated carbocycles. The molecule has 0 fully saturated rings. The Morgan fingerprint density at radius 2 is 0.862 bits per heavy atom. The van der Waals surface area contributed by atoms with Gasteiger partial charge in [-0.3, -0.25) is 0 Å². The van der Waals surface area contributed by atoms with Crippen molar-refractivity contribution in [2.45, 2.75) is 0 Å². The third-order valence-electron chi connectivity index (χ3n) is 12.1. The van der Waals surface area contributed by atoms with Crippen molar-refractivity contribution in [3.63, 3.8) is 0 Å². The van der Waals surface area contributed by atoms with Gasteiger partial charge in [-0.1, -0.05) is 109 Å². The summed E-state index contributed by atoms with van der Waals surface area (Å²) in [5, 5.41) is 10.4. The maximum Gasteiger partial charge on any atom is 0.0555 e. The number of benzene rings is 9. The normalized spacial score (nSPS) is 12.1. The number of para-hydroxylation sites is 3. The summed E-state index contributed by atoms with van der Waals surface area (Å²) in [6.07, 6.45) is 0. The Labute approximate surface area is 341 Å². The van der Waals surface area contributed by atoms with Crippen LogP contribution in [0.5, 0.6) is 0 Å². The van der Waals surface area contributed by atoms with Gasteiger partial charge in [-0.2, -0.15) is 0 Å². The van der Waals surface area contributed by atoms with E-state index in [2.05, 4.69) is 203 Å². The van der Waals surface area contributed by atoms with Crippen LogP contribution in [0, 0.1) is 0 Å². The lowest BCUT2D eigenvalue weighted by atomic mass is 9.96. The number of rotatable bonds is 4. The zero-order valence-electron chi connectivity index (χ0n) is 31.2. The maximum absolute atomic E-state index is 2.46. The number of nitrogens with zero attached hydrogens (tertiary/aromatic N) is 2. The molecular weight excluding hydrogens is 741 g/mol. The quantitative estimate of drug-likeness (QED) is 0.169. The number of hydrogen-bond donors (Lipinski definition) is 0. The third-order valence-corrected chi connectivity index (χ3v) is 14.5. The second-order valence-corrected chi connectivity index (χ2v) is 17.4. The topological polar surface area (TPSA) is 9.86 Å². The number of thiophene rings is 2. The Morgan fingerprint density at radius 3 is 1.67 bits per heavy atom. The van der Waals surface area contributed by atoms with Gasteiger partial charge in [0, 0.05) is 73.3 Å². The van der Waals surface area contributed by atoms with Crippen LogP contribution >= 0.6 is 22.7 Å². The lowest BCUT2D eigenvalue weighted by Gasteiger charge is -2.09. The van der Waals surface area contributed by atoms with E-state index >= 15 is 0 Å². The minimum Gasteiger partial charge on any atom is -0.309 e. The maximum atomic E-state index is 2.46. The van der Waals surface area contributed by atoms with E-state index in [-0.39, 0.29) is 0 Å². The van der Waals surface area contributed by atoms with Gasteiger partial charge in [0.05, 0.1) is 22.1 Å². The summed E-state index contributed by atoms with van der Waals surface area (Å²) in [6, 6.07) is 71.8. The molecule has 9 aromatic carbocycles. The van der Waals surface area contributed by atoms with E-state index in [0.29, 0.717) is 0 Å². The van der Waals surface area contributed by atoms with E-state index in [1.54, 1.807) is 0 Å². The van der Waals surface area contributed by atoms with Gasteiger partial charge in [0.2, 0.25) is 0 Å². The molecule has 0 aliphatic heterocycles. The van der Waals surface area contributed by atoms with Crippen LogP contribution in [0.2, 0.25) is 0 Å². The minimum atomic E-state index is 1.18. The van der Waals surface area contributed by atoms with E-state index in [0.717, 1.165) is 0 Å². The van der Waals surface area contributed by atoms with E-state index in [1.807, 2.05) is 22.7 Å². The zero-order valence-corrected chi connectivity index (χ0v) is 32.8. The Hall–Kier alpha value is -6.98. The van der Waals surface area contributed by atoms with Crippen molar-refractivity contribution in [1.29, 1.82) is 0 Å². The van der Waals surface area contributed by atoms with Gasteiger partial charge in [0.1, 0.15) is 0 Å².